The first-order valence-electron chi connectivity index (χ1n) is 23.4. The predicted molar refractivity (Wildman–Crippen MR) is 297 cm³/mol. The number of hydrogen-bond donors (Lipinski definition) is 0. The van der Waals surface area contributed by atoms with Crippen LogP contribution in [0.4, 0.5) is 75.5 Å². The maximum atomic E-state index is 9.87. The molecule has 0 aromatic carbocycles. The van der Waals surface area contributed by atoms with E-state index >= 15 is 0 Å². The second-order valence-corrected chi connectivity index (χ2v) is 23.0. The Bertz CT molecular complexity index is 3290. The van der Waals surface area contributed by atoms with Crippen molar-refractivity contribution in [1.29, 1.82) is 0 Å². The zero-order chi connectivity index (χ0) is 62.7. The maximum Gasteiger partial charge on any atom is 3.00 e. The summed E-state index contributed by atoms with van der Waals surface area (Å²) in [5, 5.41) is 0. The molecule has 455 valence electrons. The van der Waals surface area contributed by atoms with E-state index in [4.69, 9.17) is 0 Å². The van der Waals surface area contributed by atoms with Crippen molar-refractivity contribution in [3.05, 3.63) is 234 Å². The number of aryl methyl sites for hydroxylation is 3. The van der Waals surface area contributed by atoms with Gasteiger partial charge in [-0.05, 0) is 180 Å². The van der Waals surface area contributed by atoms with Crippen molar-refractivity contribution in [2.75, 3.05) is 0 Å². The number of hydrogen-bond acceptors (Lipinski definition) is 9. The summed E-state index contributed by atoms with van der Waals surface area (Å²) in [4.78, 5) is 38.4. The molecule has 0 aliphatic rings. The molecule has 0 bridgehead atoms. The fourth-order valence-corrected chi connectivity index (χ4v) is 6.10. The zero-order valence-corrected chi connectivity index (χ0v) is 47.6. The van der Waals surface area contributed by atoms with Crippen molar-refractivity contribution in [3.8, 4) is 34.2 Å². The first kappa shape index (κ1) is 71.4. The molecule has 0 spiro atoms. The molecule has 0 saturated heterocycles. The minimum Gasteiger partial charge on any atom is 3.00 e. The van der Waals surface area contributed by atoms with E-state index in [0.29, 0.717) is 0 Å². The van der Waals surface area contributed by atoms with Crippen LogP contribution in [0.5, 0.6) is 0 Å². The van der Waals surface area contributed by atoms with Crippen LogP contribution in [0.3, 0.4) is 0 Å². The van der Waals surface area contributed by atoms with E-state index in [1.165, 1.54) is 16.7 Å². The van der Waals surface area contributed by atoms with E-state index in [2.05, 4.69) is 102 Å². The van der Waals surface area contributed by atoms with Gasteiger partial charge in [0.25, 0.3) is 0 Å². The SMILES string of the molecule is Cc1ccnc(-c2cc(C=Cc3ccncc3)ccn2)c1.Cc1ccnc(-c2cc(C=Cc3ccncc3)ccn2)c1.Cc1ccnc(-c2cc(C=Cc3ccncc3)ccn2)c1.F[P-](F)(F)(F)(F)F.F[P-](F)(F)(F)(F)F.F[P-](F)(F)(F)(F)F.[Fe+3]. The monoisotopic (exact) mass is 1310 g/mol. The Morgan fingerprint density at radius 3 is 0.576 bits per heavy atom. The number of rotatable bonds is 9. The largest absolute Gasteiger partial charge is 3.00 e. The van der Waals surface area contributed by atoms with Crippen molar-refractivity contribution < 1.29 is 92.6 Å². The van der Waals surface area contributed by atoms with Gasteiger partial charge in [0.2, 0.25) is 0 Å². The Morgan fingerprint density at radius 2 is 0.388 bits per heavy atom. The quantitative estimate of drug-likeness (QED) is 0.0791. The Morgan fingerprint density at radius 1 is 0.235 bits per heavy atom. The fourth-order valence-electron chi connectivity index (χ4n) is 6.10. The van der Waals surface area contributed by atoms with Gasteiger partial charge in [-0.1, -0.05) is 36.5 Å². The maximum absolute atomic E-state index is 10.7. The van der Waals surface area contributed by atoms with Crippen LogP contribution in [-0.4, -0.2) is 44.9 Å². The van der Waals surface area contributed by atoms with Crippen LogP contribution in [-0.2, 0) is 17.1 Å². The van der Waals surface area contributed by atoms with Crippen LogP contribution in [0.2, 0.25) is 0 Å². The molecule has 0 unspecified atom stereocenters. The van der Waals surface area contributed by atoms with Gasteiger partial charge < -0.3 is 0 Å². The van der Waals surface area contributed by atoms with Gasteiger partial charge >= 0.3 is 116 Å². The number of pyridine rings is 9. The van der Waals surface area contributed by atoms with Gasteiger partial charge in [0.05, 0.1) is 34.2 Å². The van der Waals surface area contributed by atoms with Crippen LogP contribution in [0.25, 0.3) is 70.6 Å². The van der Waals surface area contributed by atoms with Crippen LogP contribution >= 0.6 is 23.4 Å². The van der Waals surface area contributed by atoms with Gasteiger partial charge in [0, 0.05) is 74.4 Å². The molecule has 31 heteroatoms. The smallest absolute Gasteiger partial charge is 3.00 e. The van der Waals surface area contributed by atoms with Gasteiger partial charge in [-0.25, -0.2) is 0 Å². The molecule has 85 heavy (non-hydrogen) atoms. The molecule has 9 aromatic rings. The van der Waals surface area contributed by atoms with Gasteiger partial charge in [-0.15, -0.1) is 0 Å². The molecule has 0 fully saturated rings. The molecular weight excluding hydrogens is 1270 g/mol. The van der Waals surface area contributed by atoms with Crippen LogP contribution in [0.1, 0.15) is 50.1 Å². The van der Waals surface area contributed by atoms with Crippen molar-refractivity contribution in [1.82, 2.24) is 44.9 Å². The second kappa shape index (κ2) is 26.6. The van der Waals surface area contributed by atoms with E-state index < -0.39 is 23.4 Å². The molecule has 0 N–H and O–H groups in total. The van der Waals surface area contributed by atoms with Crippen molar-refractivity contribution in [2.45, 2.75) is 20.8 Å². The molecular formula is C54H45F18FeN9P3. The molecule has 1 radical (unpaired) electrons. The summed E-state index contributed by atoms with van der Waals surface area (Å²) in [5.41, 5.74) is 15.5. The number of nitrogens with zero attached hydrogens (tertiary/aromatic N) is 9. The van der Waals surface area contributed by atoms with Gasteiger partial charge in [0.1, 0.15) is 0 Å². The van der Waals surface area contributed by atoms with Gasteiger partial charge in [0.15, 0.2) is 0 Å². The van der Waals surface area contributed by atoms with E-state index in [1.807, 2.05) is 146 Å². The average molecular weight is 1310 g/mol. The normalized spacial score (nSPS) is 13.8. The molecule has 9 aromatic heterocycles. The van der Waals surface area contributed by atoms with Crippen molar-refractivity contribution in [2.24, 2.45) is 0 Å². The summed E-state index contributed by atoms with van der Waals surface area (Å²) < 4.78 is 178. The minimum absolute atomic E-state index is 0. The number of halogens is 18. The van der Waals surface area contributed by atoms with Crippen LogP contribution in [0.15, 0.2) is 184 Å². The Labute approximate surface area is 484 Å². The standard InChI is InChI=1S/3C18H15N3.3F6P.Fe/c3*1-14-4-10-20-17(12-14)18-13-16(7-11-21-18)3-2-15-5-8-19-9-6-15;3*1-7(2,3,4,5)6;/h3*2-13H,1H3;;;;/q;;;3*-1;+3. The van der Waals surface area contributed by atoms with Crippen molar-refractivity contribution in [3.63, 3.8) is 0 Å². The van der Waals surface area contributed by atoms with Gasteiger partial charge in [-0.2, -0.15) is 0 Å². The molecule has 0 aliphatic heterocycles. The molecule has 0 aliphatic carbocycles. The van der Waals surface area contributed by atoms with E-state index in [1.54, 1.807) is 37.2 Å². The average Bonchev–Trinajstić information content (AvgIpc) is 1.74. The summed E-state index contributed by atoms with van der Waals surface area (Å²) in [5.74, 6) is 0. The summed E-state index contributed by atoms with van der Waals surface area (Å²) in [6.07, 6.45) is 34.0. The summed E-state index contributed by atoms with van der Waals surface area (Å²) >= 11 is 0. The molecule has 0 saturated carbocycles. The Balaban J connectivity index is 0.000000285. The third kappa shape index (κ3) is 39.3. The minimum atomic E-state index is -10.7. The summed E-state index contributed by atoms with van der Waals surface area (Å²) in [6.45, 7) is 6.16. The molecule has 0 atom stereocenters. The number of aromatic nitrogens is 9. The third-order valence-electron chi connectivity index (χ3n) is 9.41. The molecule has 9 rings (SSSR count). The zero-order valence-electron chi connectivity index (χ0n) is 43.8. The summed E-state index contributed by atoms with van der Waals surface area (Å²) in [7, 11) is -32.0. The van der Waals surface area contributed by atoms with E-state index in [9.17, 15) is 75.5 Å². The fraction of sp³-hybridized carbons (Fsp3) is 0.0556. The first-order valence-corrected chi connectivity index (χ1v) is 29.5. The predicted octanol–water partition coefficient (Wildman–Crippen LogP) is 22.2. The Hall–Kier alpha value is -7.88. The Kier molecular flexibility index (Phi) is 22.3. The van der Waals surface area contributed by atoms with Gasteiger partial charge in [-0.3, -0.25) is 44.9 Å². The van der Waals surface area contributed by atoms with E-state index in [-0.39, 0.29) is 17.1 Å². The third-order valence-corrected chi connectivity index (χ3v) is 9.41. The molecule has 9 nitrogen and oxygen atoms in total. The van der Waals surface area contributed by atoms with Crippen LogP contribution in [0, 0.1) is 20.8 Å². The van der Waals surface area contributed by atoms with E-state index in [0.717, 1.165) is 67.5 Å². The molecule has 0 amide bonds. The summed E-state index contributed by atoms with van der Waals surface area (Å²) in [6, 6.07) is 36.0. The molecule has 9 heterocycles. The van der Waals surface area contributed by atoms with Crippen molar-refractivity contribution >= 4 is 59.9 Å². The van der Waals surface area contributed by atoms with Crippen LogP contribution < -0.4 is 0 Å². The topological polar surface area (TPSA) is 116 Å². The second-order valence-electron chi connectivity index (χ2n) is 17.3. The first-order chi connectivity index (χ1) is 38.3.